The normalized spacial score (nSPS) is 19.2. The Morgan fingerprint density at radius 3 is 2.78 bits per heavy atom. The van der Waals surface area contributed by atoms with E-state index < -0.39 is 6.10 Å². The Bertz CT molecular complexity index is 431. The molecule has 3 heteroatoms. The van der Waals surface area contributed by atoms with Gasteiger partial charge < -0.3 is 14.7 Å². The summed E-state index contributed by atoms with van der Waals surface area (Å²) in [5, 5.41) is 10.7. The fraction of sp³-hybridized carbons (Fsp3) is 0.600. The van der Waals surface area contributed by atoms with Gasteiger partial charge in [0.2, 0.25) is 0 Å². The molecule has 0 bridgehead atoms. The van der Waals surface area contributed by atoms with Crippen LogP contribution in [0.3, 0.4) is 0 Å². The van der Waals surface area contributed by atoms with E-state index in [1.54, 1.807) is 0 Å². The van der Waals surface area contributed by atoms with Crippen LogP contribution in [0.15, 0.2) is 18.2 Å². The van der Waals surface area contributed by atoms with Crippen molar-refractivity contribution in [2.45, 2.75) is 38.3 Å². The van der Waals surface area contributed by atoms with Crippen molar-refractivity contribution in [1.82, 2.24) is 4.90 Å². The van der Waals surface area contributed by atoms with E-state index in [4.69, 9.17) is 4.74 Å². The smallest absolute Gasteiger partial charge is 0.122 e. The number of aliphatic hydroxyl groups is 1. The van der Waals surface area contributed by atoms with Crippen molar-refractivity contribution >= 4 is 0 Å². The summed E-state index contributed by atoms with van der Waals surface area (Å²) < 4.78 is 5.50. The van der Waals surface area contributed by atoms with Gasteiger partial charge in [0.15, 0.2) is 0 Å². The van der Waals surface area contributed by atoms with Crippen LogP contribution in [0, 0.1) is 0 Å². The molecule has 2 rings (SSSR count). The van der Waals surface area contributed by atoms with Crippen LogP contribution in [0.1, 0.15) is 37.5 Å². The molecule has 0 spiro atoms. The Morgan fingerprint density at radius 1 is 1.44 bits per heavy atom. The van der Waals surface area contributed by atoms with Crippen LogP contribution >= 0.6 is 0 Å². The van der Waals surface area contributed by atoms with E-state index in [2.05, 4.69) is 24.8 Å². The van der Waals surface area contributed by atoms with Crippen LogP contribution < -0.4 is 4.74 Å². The fourth-order valence-electron chi connectivity index (χ4n) is 2.49. The molecule has 18 heavy (non-hydrogen) atoms. The quantitative estimate of drug-likeness (QED) is 0.889. The number of nitrogens with zero attached hydrogens (tertiary/aromatic N) is 1. The molecule has 0 amide bonds. The van der Waals surface area contributed by atoms with Crippen molar-refractivity contribution < 1.29 is 9.84 Å². The molecule has 0 saturated carbocycles. The Balaban J connectivity index is 2.31. The molecule has 100 valence electrons. The molecule has 0 saturated heterocycles. The lowest BCUT2D eigenvalue weighted by atomic mass is 9.85. The van der Waals surface area contributed by atoms with Crippen molar-refractivity contribution in [2.75, 3.05) is 20.7 Å². The van der Waals surface area contributed by atoms with Crippen molar-refractivity contribution in [3.05, 3.63) is 29.3 Å². The summed E-state index contributed by atoms with van der Waals surface area (Å²) in [6.07, 6.45) is 1.36. The zero-order valence-electron chi connectivity index (χ0n) is 11.7. The summed E-state index contributed by atoms with van der Waals surface area (Å²) in [6, 6.07) is 6.04. The fourth-order valence-corrected chi connectivity index (χ4v) is 2.49. The van der Waals surface area contributed by atoms with E-state index in [9.17, 15) is 5.11 Å². The monoisotopic (exact) mass is 249 g/mol. The third-order valence-corrected chi connectivity index (χ3v) is 4.36. The highest BCUT2D eigenvalue weighted by molar-refractivity contribution is 5.41. The Morgan fingerprint density at radius 2 is 2.17 bits per heavy atom. The van der Waals surface area contributed by atoms with Gasteiger partial charge >= 0.3 is 0 Å². The molecule has 1 aliphatic heterocycles. The first-order valence-electron chi connectivity index (χ1n) is 6.60. The molecular formula is C15H23NO2. The number of aliphatic hydroxyl groups excluding tert-OH is 1. The number of hydrogen-bond acceptors (Lipinski definition) is 3. The Kier molecular flexibility index (Phi) is 3.64. The lowest BCUT2D eigenvalue weighted by Crippen LogP contribution is -2.46. The summed E-state index contributed by atoms with van der Waals surface area (Å²) in [6.45, 7) is 4.97. The zero-order valence-corrected chi connectivity index (χ0v) is 11.7. The molecule has 1 heterocycles. The highest BCUT2D eigenvalue weighted by Crippen LogP contribution is 2.35. The van der Waals surface area contributed by atoms with E-state index in [0.29, 0.717) is 0 Å². The van der Waals surface area contributed by atoms with Crippen LogP contribution in [0.2, 0.25) is 0 Å². The molecule has 2 atom stereocenters. The summed E-state index contributed by atoms with van der Waals surface area (Å²) in [4.78, 5) is 2.10. The second-order valence-corrected chi connectivity index (χ2v) is 5.47. The lowest BCUT2D eigenvalue weighted by molar-refractivity contribution is 0.000831. The summed E-state index contributed by atoms with van der Waals surface area (Å²) in [5.74, 6) is 0.967. The van der Waals surface area contributed by atoms with Crippen LogP contribution in [-0.2, 0) is 6.42 Å². The number of fused-ring (bicyclic) bond motifs is 1. The van der Waals surface area contributed by atoms with E-state index >= 15 is 0 Å². The average Bonchev–Trinajstić information content (AvgIpc) is 2.83. The molecule has 1 aromatic carbocycles. The second-order valence-electron chi connectivity index (χ2n) is 5.47. The third-order valence-electron chi connectivity index (χ3n) is 4.36. The maximum absolute atomic E-state index is 10.7. The highest BCUT2D eigenvalue weighted by atomic mass is 16.5. The molecular weight excluding hydrogens is 226 g/mol. The van der Waals surface area contributed by atoms with Crippen molar-refractivity contribution in [1.29, 1.82) is 0 Å². The molecule has 0 fully saturated rings. The number of benzene rings is 1. The summed E-state index contributed by atoms with van der Waals surface area (Å²) >= 11 is 0. The third kappa shape index (κ3) is 2.13. The molecule has 0 radical (unpaired) electrons. The van der Waals surface area contributed by atoms with Crippen molar-refractivity contribution in [3.8, 4) is 5.75 Å². The Hall–Kier alpha value is -1.06. The van der Waals surface area contributed by atoms with Gasteiger partial charge in [0.25, 0.3) is 0 Å². The van der Waals surface area contributed by atoms with Gasteiger partial charge in [0.1, 0.15) is 5.75 Å². The zero-order chi connectivity index (χ0) is 13.3. The minimum absolute atomic E-state index is 0.242. The van der Waals surface area contributed by atoms with Gasteiger partial charge in [-0.1, -0.05) is 13.0 Å². The van der Waals surface area contributed by atoms with E-state index in [0.717, 1.165) is 30.8 Å². The molecule has 0 aliphatic carbocycles. The first kappa shape index (κ1) is 13.4. The van der Waals surface area contributed by atoms with Gasteiger partial charge in [-0.05, 0) is 50.7 Å². The van der Waals surface area contributed by atoms with Gasteiger partial charge in [-0.15, -0.1) is 0 Å². The maximum atomic E-state index is 10.7. The number of likely N-dealkylation sites (N-methyl/N-ethyl adjacent to an activating group) is 1. The maximum Gasteiger partial charge on any atom is 0.122 e. The van der Waals surface area contributed by atoms with Crippen LogP contribution in [0.4, 0.5) is 0 Å². The second kappa shape index (κ2) is 4.90. The van der Waals surface area contributed by atoms with Gasteiger partial charge in [-0.2, -0.15) is 0 Å². The highest BCUT2D eigenvalue weighted by Gasteiger charge is 2.34. The summed E-state index contributed by atoms with van der Waals surface area (Å²) in [5.41, 5.74) is 1.95. The molecule has 2 unspecified atom stereocenters. The minimum atomic E-state index is -0.483. The lowest BCUT2D eigenvalue weighted by Gasteiger charge is -2.40. The molecule has 0 aromatic heterocycles. The summed E-state index contributed by atoms with van der Waals surface area (Å²) in [7, 11) is 4.03. The van der Waals surface area contributed by atoms with Gasteiger partial charge in [0, 0.05) is 12.0 Å². The minimum Gasteiger partial charge on any atom is -0.493 e. The standard InChI is InChI=1S/C15H23NO2/c1-5-15(2,16(3)4)14(17)12-6-7-13-11(10-12)8-9-18-13/h6-7,10,14,17H,5,8-9H2,1-4H3. The van der Waals surface area contributed by atoms with Gasteiger partial charge in [-0.25, -0.2) is 0 Å². The topological polar surface area (TPSA) is 32.7 Å². The van der Waals surface area contributed by atoms with Gasteiger partial charge in [0.05, 0.1) is 12.7 Å². The largest absolute Gasteiger partial charge is 0.493 e. The molecule has 1 aliphatic rings. The number of ether oxygens (including phenoxy) is 1. The first-order valence-corrected chi connectivity index (χ1v) is 6.60. The molecule has 1 N–H and O–H groups in total. The van der Waals surface area contributed by atoms with Crippen LogP contribution in [0.25, 0.3) is 0 Å². The predicted molar refractivity (Wildman–Crippen MR) is 73.0 cm³/mol. The first-order chi connectivity index (χ1) is 8.49. The van der Waals surface area contributed by atoms with E-state index in [-0.39, 0.29) is 5.54 Å². The van der Waals surface area contributed by atoms with Crippen LogP contribution in [-0.4, -0.2) is 36.2 Å². The van der Waals surface area contributed by atoms with Crippen molar-refractivity contribution in [3.63, 3.8) is 0 Å². The van der Waals surface area contributed by atoms with E-state index in [1.165, 1.54) is 5.56 Å². The van der Waals surface area contributed by atoms with Gasteiger partial charge in [-0.3, -0.25) is 0 Å². The SMILES string of the molecule is CCC(C)(C(O)c1ccc2c(c1)CCO2)N(C)C. The number of rotatable bonds is 4. The predicted octanol–water partition coefficient (Wildman–Crippen LogP) is 2.39. The van der Waals surface area contributed by atoms with Crippen molar-refractivity contribution in [2.24, 2.45) is 0 Å². The number of hydrogen-bond donors (Lipinski definition) is 1. The Labute approximate surface area is 109 Å². The van der Waals surface area contributed by atoms with E-state index in [1.807, 2.05) is 26.2 Å². The molecule has 3 nitrogen and oxygen atoms in total. The molecule has 1 aromatic rings. The van der Waals surface area contributed by atoms with Crippen LogP contribution in [0.5, 0.6) is 5.75 Å². The average molecular weight is 249 g/mol.